The van der Waals surface area contributed by atoms with Crippen LogP contribution in [-0.2, 0) is 20.9 Å². The number of likely N-dealkylation sites (tertiary alicyclic amines) is 1. The number of hydrogen-bond acceptors (Lipinski definition) is 3. The van der Waals surface area contributed by atoms with Gasteiger partial charge in [0.2, 0.25) is 11.8 Å². The lowest BCUT2D eigenvalue weighted by Crippen LogP contribution is -2.28. The number of nitrogens with one attached hydrogen (secondary N) is 1. The molecule has 1 aromatic rings. The van der Waals surface area contributed by atoms with Crippen LogP contribution >= 0.6 is 0 Å². The zero-order chi connectivity index (χ0) is 16.8. The molecule has 2 aliphatic rings. The molecule has 0 radical (unpaired) electrons. The quantitative estimate of drug-likeness (QED) is 0.836. The lowest BCUT2D eigenvalue weighted by molar-refractivity contribution is -0.128. The second kappa shape index (κ2) is 8.29. The Balaban J connectivity index is 1.39. The first-order valence-electron chi connectivity index (χ1n) is 8.99. The van der Waals surface area contributed by atoms with E-state index in [2.05, 4.69) is 5.32 Å². The summed E-state index contributed by atoms with van der Waals surface area (Å²) in [4.78, 5) is 25.3. The van der Waals surface area contributed by atoms with Gasteiger partial charge in [-0.05, 0) is 37.0 Å². The van der Waals surface area contributed by atoms with Gasteiger partial charge >= 0.3 is 0 Å². The number of rotatable bonds is 7. The van der Waals surface area contributed by atoms with Crippen LogP contribution in [0.5, 0.6) is 0 Å². The van der Waals surface area contributed by atoms with Gasteiger partial charge in [0.1, 0.15) is 0 Å². The van der Waals surface area contributed by atoms with E-state index in [0.29, 0.717) is 32.1 Å². The number of benzene rings is 1. The Morgan fingerprint density at radius 2 is 1.92 bits per heavy atom. The Hall–Kier alpha value is -1.88. The predicted molar refractivity (Wildman–Crippen MR) is 92.5 cm³/mol. The van der Waals surface area contributed by atoms with Gasteiger partial charge in [0, 0.05) is 31.6 Å². The zero-order valence-corrected chi connectivity index (χ0v) is 14.1. The Kier molecular flexibility index (Phi) is 5.86. The molecule has 0 spiro atoms. The SMILES string of the molecule is O=C(CCN1CCCC1=O)Nc1ccc(COC2CCCC2)cc1. The van der Waals surface area contributed by atoms with E-state index in [1.54, 1.807) is 4.90 Å². The van der Waals surface area contributed by atoms with Crippen LogP contribution in [0.2, 0.25) is 0 Å². The average molecular weight is 330 g/mol. The summed E-state index contributed by atoms with van der Waals surface area (Å²) < 4.78 is 5.89. The van der Waals surface area contributed by atoms with Crippen LogP contribution < -0.4 is 5.32 Å². The molecule has 2 fully saturated rings. The molecule has 5 heteroatoms. The van der Waals surface area contributed by atoms with E-state index in [-0.39, 0.29) is 11.8 Å². The van der Waals surface area contributed by atoms with E-state index >= 15 is 0 Å². The number of nitrogens with zero attached hydrogens (tertiary/aromatic N) is 1. The topological polar surface area (TPSA) is 58.6 Å². The highest BCUT2D eigenvalue weighted by Gasteiger charge is 2.20. The number of carbonyl (C=O) groups is 2. The van der Waals surface area contributed by atoms with Crippen molar-refractivity contribution in [2.45, 2.75) is 57.7 Å². The molecule has 3 rings (SSSR count). The number of hydrogen-bond donors (Lipinski definition) is 1. The molecule has 0 aromatic heterocycles. The normalized spacial score (nSPS) is 18.3. The van der Waals surface area contributed by atoms with Gasteiger partial charge in [0.15, 0.2) is 0 Å². The maximum absolute atomic E-state index is 12.0. The molecule has 24 heavy (non-hydrogen) atoms. The van der Waals surface area contributed by atoms with Crippen molar-refractivity contribution in [1.29, 1.82) is 0 Å². The summed E-state index contributed by atoms with van der Waals surface area (Å²) in [6.07, 6.45) is 7.19. The molecular weight excluding hydrogens is 304 g/mol. The maximum atomic E-state index is 12.0. The first kappa shape index (κ1) is 17.0. The minimum atomic E-state index is -0.0512. The van der Waals surface area contributed by atoms with Crippen molar-refractivity contribution in [3.8, 4) is 0 Å². The standard InChI is InChI=1S/C19H26N2O3/c22-18(11-13-21-12-3-6-19(21)23)20-16-9-7-15(8-10-16)14-24-17-4-1-2-5-17/h7-10,17H,1-6,11-14H2,(H,20,22). The maximum Gasteiger partial charge on any atom is 0.226 e. The lowest BCUT2D eigenvalue weighted by Gasteiger charge is -2.15. The van der Waals surface area contributed by atoms with E-state index in [9.17, 15) is 9.59 Å². The van der Waals surface area contributed by atoms with Crippen LogP contribution in [-0.4, -0.2) is 35.9 Å². The summed E-state index contributed by atoms with van der Waals surface area (Å²) in [7, 11) is 0. The Labute approximate surface area is 143 Å². The van der Waals surface area contributed by atoms with Crippen molar-refractivity contribution in [1.82, 2.24) is 4.90 Å². The van der Waals surface area contributed by atoms with Crippen LogP contribution in [0.3, 0.4) is 0 Å². The van der Waals surface area contributed by atoms with Gasteiger partial charge < -0.3 is 15.0 Å². The minimum Gasteiger partial charge on any atom is -0.374 e. The largest absolute Gasteiger partial charge is 0.374 e. The molecule has 0 atom stereocenters. The van der Waals surface area contributed by atoms with Gasteiger partial charge in [0.05, 0.1) is 12.7 Å². The molecular formula is C19H26N2O3. The van der Waals surface area contributed by atoms with Gasteiger partial charge in [0.25, 0.3) is 0 Å². The van der Waals surface area contributed by atoms with Crippen molar-refractivity contribution in [2.75, 3.05) is 18.4 Å². The van der Waals surface area contributed by atoms with Crippen LogP contribution in [0.4, 0.5) is 5.69 Å². The van der Waals surface area contributed by atoms with Crippen LogP contribution in [0.25, 0.3) is 0 Å². The Morgan fingerprint density at radius 1 is 1.17 bits per heavy atom. The molecule has 1 aliphatic carbocycles. The fourth-order valence-corrected chi connectivity index (χ4v) is 3.35. The average Bonchev–Trinajstić information content (AvgIpc) is 3.24. The summed E-state index contributed by atoms with van der Waals surface area (Å²) in [5.41, 5.74) is 1.92. The van der Waals surface area contributed by atoms with Gasteiger partial charge in [-0.2, -0.15) is 0 Å². The third-order valence-electron chi connectivity index (χ3n) is 4.81. The van der Waals surface area contributed by atoms with Gasteiger partial charge in [-0.25, -0.2) is 0 Å². The van der Waals surface area contributed by atoms with E-state index in [4.69, 9.17) is 4.74 Å². The predicted octanol–water partition coefficient (Wildman–Crippen LogP) is 3.10. The van der Waals surface area contributed by atoms with Crippen LogP contribution in [0.15, 0.2) is 24.3 Å². The summed E-state index contributed by atoms with van der Waals surface area (Å²) >= 11 is 0. The Morgan fingerprint density at radius 3 is 2.58 bits per heavy atom. The molecule has 1 aromatic carbocycles. The van der Waals surface area contributed by atoms with Crippen molar-refractivity contribution >= 4 is 17.5 Å². The molecule has 5 nitrogen and oxygen atoms in total. The second-order valence-electron chi connectivity index (χ2n) is 6.70. The van der Waals surface area contributed by atoms with Crippen LogP contribution in [0, 0.1) is 0 Å². The molecule has 1 saturated heterocycles. The highest BCUT2D eigenvalue weighted by atomic mass is 16.5. The van der Waals surface area contributed by atoms with Gasteiger partial charge in [-0.15, -0.1) is 0 Å². The van der Waals surface area contributed by atoms with Crippen molar-refractivity contribution in [3.63, 3.8) is 0 Å². The third-order valence-corrected chi connectivity index (χ3v) is 4.81. The smallest absolute Gasteiger partial charge is 0.226 e. The molecule has 2 amide bonds. The fourth-order valence-electron chi connectivity index (χ4n) is 3.35. The molecule has 130 valence electrons. The summed E-state index contributed by atoms with van der Waals surface area (Å²) in [6.45, 7) is 1.93. The number of anilines is 1. The molecule has 0 bridgehead atoms. The number of amides is 2. The van der Waals surface area contributed by atoms with E-state index in [1.807, 2.05) is 24.3 Å². The third kappa shape index (κ3) is 4.81. The zero-order valence-electron chi connectivity index (χ0n) is 14.1. The minimum absolute atomic E-state index is 0.0512. The molecule has 0 unspecified atom stereocenters. The van der Waals surface area contributed by atoms with E-state index < -0.39 is 0 Å². The second-order valence-corrected chi connectivity index (χ2v) is 6.70. The monoisotopic (exact) mass is 330 g/mol. The highest BCUT2D eigenvalue weighted by Crippen LogP contribution is 2.22. The molecule has 1 heterocycles. The summed E-state index contributed by atoms with van der Waals surface area (Å²) in [6, 6.07) is 7.81. The number of ether oxygens (including phenoxy) is 1. The highest BCUT2D eigenvalue weighted by molar-refractivity contribution is 5.91. The van der Waals surface area contributed by atoms with Gasteiger partial charge in [-0.1, -0.05) is 25.0 Å². The van der Waals surface area contributed by atoms with Crippen molar-refractivity contribution < 1.29 is 14.3 Å². The molecule has 1 N–H and O–H groups in total. The molecule has 1 saturated carbocycles. The fraction of sp³-hybridized carbons (Fsp3) is 0.579. The first-order chi connectivity index (χ1) is 11.7. The van der Waals surface area contributed by atoms with Crippen molar-refractivity contribution in [3.05, 3.63) is 29.8 Å². The summed E-state index contributed by atoms with van der Waals surface area (Å²) in [5.74, 6) is 0.110. The van der Waals surface area contributed by atoms with Gasteiger partial charge in [-0.3, -0.25) is 9.59 Å². The van der Waals surface area contributed by atoms with Crippen LogP contribution in [0.1, 0.15) is 50.5 Å². The lowest BCUT2D eigenvalue weighted by atomic mass is 10.2. The molecule has 1 aliphatic heterocycles. The number of carbonyl (C=O) groups excluding carboxylic acids is 2. The van der Waals surface area contributed by atoms with E-state index in [1.165, 1.54) is 25.7 Å². The van der Waals surface area contributed by atoms with Crippen molar-refractivity contribution in [2.24, 2.45) is 0 Å². The summed E-state index contributed by atoms with van der Waals surface area (Å²) in [5, 5.41) is 2.89. The first-order valence-corrected chi connectivity index (χ1v) is 8.99. The van der Waals surface area contributed by atoms with E-state index in [0.717, 1.165) is 24.2 Å². The Bertz CT molecular complexity index is 564.